The lowest BCUT2D eigenvalue weighted by molar-refractivity contribution is 0.0996. The number of carbonyl (C=O) groups excluding carboxylic acids is 1. The molecule has 1 heterocycles. The second kappa shape index (κ2) is 4.66. The lowest BCUT2D eigenvalue weighted by Gasteiger charge is -2.20. The van der Waals surface area contributed by atoms with Crippen LogP contribution in [0.25, 0.3) is 11.3 Å². The SMILES string of the molecule is CC(C)(C)c1ccc(Cl)c(-c2n[nH]nc2C(N)=O)c1. The van der Waals surface area contributed by atoms with Crippen LogP contribution in [0.2, 0.25) is 5.02 Å². The highest BCUT2D eigenvalue weighted by molar-refractivity contribution is 6.33. The van der Waals surface area contributed by atoms with E-state index in [1.165, 1.54) is 0 Å². The summed E-state index contributed by atoms with van der Waals surface area (Å²) in [5.74, 6) is -0.638. The van der Waals surface area contributed by atoms with Gasteiger partial charge in [0.15, 0.2) is 5.69 Å². The van der Waals surface area contributed by atoms with Crippen molar-refractivity contribution in [2.75, 3.05) is 0 Å². The Hall–Kier alpha value is -1.88. The van der Waals surface area contributed by atoms with Gasteiger partial charge >= 0.3 is 0 Å². The maximum Gasteiger partial charge on any atom is 0.271 e. The van der Waals surface area contributed by atoms with Gasteiger partial charge in [0.05, 0.1) is 5.02 Å². The second-order valence-electron chi connectivity index (χ2n) is 5.33. The first-order valence-electron chi connectivity index (χ1n) is 5.81. The minimum Gasteiger partial charge on any atom is -0.364 e. The maximum atomic E-state index is 11.3. The van der Waals surface area contributed by atoms with Crippen molar-refractivity contribution < 1.29 is 4.79 Å². The maximum absolute atomic E-state index is 11.3. The summed E-state index contributed by atoms with van der Waals surface area (Å²) in [5, 5.41) is 10.6. The number of hydrogen-bond donors (Lipinski definition) is 2. The summed E-state index contributed by atoms with van der Waals surface area (Å²) in [4.78, 5) is 11.3. The van der Waals surface area contributed by atoms with E-state index in [0.29, 0.717) is 16.3 Å². The van der Waals surface area contributed by atoms with E-state index >= 15 is 0 Å². The average Bonchev–Trinajstić information content (AvgIpc) is 2.76. The van der Waals surface area contributed by atoms with Crippen LogP contribution in [0.1, 0.15) is 36.8 Å². The average molecular weight is 279 g/mol. The van der Waals surface area contributed by atoms with Gasteiger partial charge in [-0.1, -0.05) is 38.4 Å². The van der Waals surface area contributed by atoms with Gasteiger partial charge in [-0.3, -0.25) is 4.79 Å². The monoisotopic (exact) mass is 278 g/mol. The molecule has 0 saturated carbocycles. The minimum absolute atomic E-state index is 0.0318. The fraction of sp³-hybridized carbons (Fsp3) is 0.308. The Labute approximate surface area is 116 Å². The van der Waals surface area contributed by atoms with Crippen molar-refractivity contribution in [3.63, 3.8) is 0 Å². The van der Waals surface area contributed by atoms with Crippen LogP contribution >= 0.6 is 11.6 Å². The van der Waals surface area contributed by atoms with Crippen molar-refractivity contribution in [3.8, 4) is 11.3 Å². The molecule has 5 nitrogen and oxygen atoms in total. The fourth-order valence-corrected chi connectivity index (χ4v) is 1.97. The summed E-state index contributed by atoms with van der Waals surface area (Å²) >= 11 is 6.18. The molecule has 6 heteroatoms. The number of rotatable bonds is 2. The van der Waals surface area contributed by atoms with Gasteiger partial charge in [0.2, 0.25) is 0 Å². The molecule has 0 saturated heterocycles. The highest BCUT2D eigenvalue weighted by atomic mass is 35.5. The van der Waals surface area contributed by atoms with Gasteiger partial charge in [0.25, 0.3) is 5.91 Å². The zero-order valence-electron chi connectivity index (χ0n) is 11.0. The van der Waals surface area contributed by atoms with E-state index in [1.807, 2.05) is 12.1 Å². The van der Waals surface area contributed by atoms with Gasteiger partial charge in [-0.2, -0.15) is 15.4 Å². The van der Waals surface area contributed by atoms with Crippen LogP contribution in [0.5, 0.6) is 0 Å². The van der Waals surface area contributed by atoms with Crippen LogP contribution in [-0.4, -0.2) is 21.3 Å². The van der Waals surface area contributed by atoms with Crippen molar-refractivity contribution in [3.05, 3.63) is 34.5 Å². The van der Waals surface area contributed by atoms with E-state index in [-0.39, 0.29) is 11.1 Å². The Bertz CT molecular complexity index is 628. The molecule has 2 aromatic rings. The number of benzene rings is 1. The van der Waals surface area contributed by atoms with E-state index in [2.05, 4.69) is 36.2 Å². The van der Waals surface area contributed by atoms with Gasteiger partial charge in [-0.05, 0) is 23.1 Å². The number of H-pyrrole nitrogens is 1. The van der Waals surface area contributed by atoms with E-state index in [4.69, 9.17) is 17.3 Å². The van der Waals surface area contributed by atoms with E-state index in [0.717, 1.165) is 5.56 Å². The third-order valence-electron chi connectivity index (χ3n) is 2.87. The van der Waals surface area contributed by atoms with Crippen LogP contribution in [0.15, 0.2) is 18.2 Å². The van der Waals surface area contributed by atoms with Crippen LogP contribution in [0, 0.1) is 0 Å². The summed E-state index contributed by atoms with van der Waals surface area (Å²) in [6.07, 6.45) is 0. The van der Waals surface area contributed by atoms with Crippen LogP contribution in [-0.2, 0) is 5.41 Å². The molecule has 0 bridgehead atoms. The molecule has 1 amide bonds. The van der Waals surface area contributed by atoms with Gasteiger partial charge in [0, 0.05) is 5.56 Å². The minimum atomic E-state index is -0.638. The molecular formula is C13H15ClN4O. The molecule has 0 fully saturated rings. The molecule has 0 unspecified atom stereocenters. The molecule has 100 valence electrons. The molecule has 19 heavy (non-hydrogen) atoms. The van der Waals surface area contributed by atoms with Gasteiger partial charge in [-0.25, -0.2) is 0 Å². The Morgan fingerprint density at radius 1 is 1.32 bits per heavy atom. The van der Waals surface area contributed by atoms with Crippen LogP contribution in [0.3, 0.4) is 0 Å². The number of halogens is 1. The summed E-state index contributed by atoms with van der Waals surface area (Å²) in [7, 11) is 0. The number of nitrogens with one attached hydrogen (secondary N) is 1. The quantitative estimate of drug-likeness (QED) is 0.885. The summed E-state index contributed by atoms with van der Waals surface area (Å²) in [6, 6.07) is 5.65. The smallest absolute Gasteiger partial charge is 0.271 e. The Kier molecular flexibility index (Phi) is 3.32. The predicted octanol–water partition coefficient (Wildman–Crippen LogP) is 2.52. The zero-order valence-corrected chi connectivity index (χ0v) is 11.7. The lowest BCUT2D eigenvalue weighted by Crippen LogP contribution is -2.13. The van der Waals surface area contributed by atoms with E-state index < -0.39 is 5.91 Å². The lowest BCUT2D eigenvalue weighted by atomic mass is 9.86. The van der Waals surface area contributed by atoms with Crippen LogP contribution < -0.4 is 5.73 Å². The third kappa shape index (κ3) is 2.61. The van der Waals surface area contributed by atoms with Crippen molar-refractivity contribution in [1.29, 1.82) is 0 Å². The Balaban J connectivity index is 2.62. The number of aromatic amines is 1. The topological polar surface area (TPSA) is 84.7 Å². The molecule has 0 aliphatic carbocycles. The first kappa shape index (κ1) is 13.5. The standard InChI is InChI=1S/C13H15ClN4O/c1-13(2,3)7-4-5-9(14)8(6-7)10-11(12(15)19)17-18-16-10/h4-6H,1-3H3,(H2,15,19)(H,16,17,18). The number of nitrogens with two attached hydrogens (primary N) is 1. The molecule has 3 N–H and O–H groups in total. The molecule has 1 aromatic carbocycles. The molecule has 0 atom stereocenters. The number of primary amides is 1. The molecule has 2 rings (SSSR count). The van der Waals surface area contributed by atoms with Gasteiger partial charge < -0.3 is 5.73 Å². The molecule has 0 aliphatic heterocycles. The summed E-state index contributed by atoms with van der Waals surface area (Å²) in [6.45, 7) is 6.29. The van der Waals surface area contributed by atoms with Crippen LogP contribution in [0.4, 0.5) is 0 Å². The zero-order chi connectivity index (χ0) is 14.2. The predicted molar refractivity (Wildman–Crippen MR) is 74.0 cm³/mol. The number of carbonyl (C=O) groups is 1. The largest absolute Gasteiger partial charge is 0.364 e. The number of hydrogen-bond acceptors (Lipinski definition) is 3. The van der Waals surface area contributed by atoms with Crippen molar-refractivity contribution >= 4 is 17.5 Å². The fourth-order valence-electron chi connectivity index (χ4n) is 1.76. The summed E-state index contributed by atoms with van der Waals surface area (Å²) < 4.78 is 0. The normalized spacial score (nSPS) is 11.6. The van der Waals surface area contributed by atoms with Gasteiger partial charge in [0.1, 0.15) is 5.69 Å². The molecule has 0 aliphatic rings. The first-order valence-corrected chi connectivity index (χ1v) is 6.19. The molecule has 1 aromatic heterocycles. The molecular weight excluding hydrogens is 264 g/mol. The Morgan fingerprint density at radius 2 is 2.00 bits per heavy atom. The van der Waals surface area contributed by atoms with Crippen molar-refractivity contribution in [2.24, 2.45) is 5.73 Å². The second-order valence-corrected chi connectivity index (χ2v) is 5.74. The van der Waals surface area contributed by atoms with Gasteiger partial charge in [-0.15, -0.1) is 0 Å². The van der Waals surface area contributed by atoms with Crippen molar-refractivity contribution in [2.45, 2.75) is 26.2 Å². The van der Waals surface area contributed by atoms with Crippen molar-refractivity contribution in [1.82, 2.24) is 15.4 Å². The third-order valence-corrected chi connectivity index (χ3v) is 3.20. The highest BCUT2D eigenvalue weighted by Gasteiger charge is 2.20. The van der Waals surface area contributed by atoms with E-state index in [9.17, 15) is 4.79 Å². The summed E-state index contributed by atoms with van der Waals surface area (Å²) in [5.41, 5.74) is 7.44. The number of aromatic nitrogens is 3. The molecule has 0 radical (unpaired) electrons. The molecule has 0 spiro atoms. The number of nitrogens with zero attached hydrogens (tertiary/aromatic N) is 2. The Morgan fingerprint density at radius 3 is 2.58 bits per heavy atom. The van der Waals surface area contributed by atoms with E-state index in [1.54, 1.807) is 6.07 Å². The first-order chi connectivity index (χ1) is 8.80. The number of amides is 1. The highest BCUT2D eigenvalue weighted by Crippen LogP contribution is 2.33.